The second kappa shape index (κ2) is 7.22. The van der Waals surface area contributed by atoms with Crippen molar-refractivity contribution in [2.45, 2.75) is 19.8 Å². The van der Waals surface area contributed by atoms with Crippen LogP contribution in [0.1, 0.15) is 18.9 Å². The Morgan fingerprint density at radius 1 is 1.25 bits per heavy atom. The largest absolute Gasteiger partial charge is 0.504 e. The summed E-state index contributed by atoms with van der Waals surface area (Å²) in [7, 11) is 0. The maximum atomic E-state index is 11.4. The van der Waals surface area contributed by atoms with E-state index in [1.807, 2.05) is 0 Å². The van der Waals surface area contributed by atoms with Crippen molar-refractivity contribution in [3.8, 4) is 17.2 Å². The number of carbonyl (C=O) groups is 1. The van der Waals surface area contributed by atoms with Gasteiger partial charge in [-0.1, -0.05) is 6.07 Å². The monoisotopic (exact) mass is 283 g/mol. The number of aliphatic hydroxyl groups is 1. The van der Waals surface area contributed by atoms with Crippen LogP contribution in [0.15, 0.2) is 12.1 Å². The number of hydrogen-bond acceptors (Lipinski definition) is 4. The van der Waals surface area contributed by atoms with Crippen molar-refractivity contribution in [1.82, 2.24) is 5.32 Å². The van der Waals surface area contributed by atoms with Gasteiger partial charge in [-0.3, -0.25) is 4.79 Å². The van der Waals surface area contributed by atoms with Crippen molar-refractivity contribution in [2.75, 3.05) is 13.1 Å². The molecule has 0 saturated carbocycles. The third-order valence-corrected chi connectivity index (χ3v) is 2.66. The molecule has 1 amide bonds. The standard InChI is InChI=1S/C13H18N2O5/c1-8(16)14-7-5-11(18)15-6-4-9-2-3-10(17)13(20)12(9)19/h2-3,17,19-20H,4-7H2,1H3,(H,14,16)(H,15,18)/p+1. The Hall–Kier alpha value is -2.44. The van der Waals surface area contributed by atoms with Gasteiger partial charge in [-0.15, -0.1) is 0 Å². The smallest absolute Gasteiger partial charge is 0.328 e. The minimum atomic E-state index is -0.563. The molecule has 1 aromatic carbocycles. The molecule has 0 unspecified atom stereocenters. The number of nitrogens with one attached hydrogen (secondary N) is 2. The number of aliphatic hydroxyl groups excluding tert-OH is 1. The Kier molecular flexibility index (Phi) is 5.64. The van der Waals surface area contributed by atoms with Crippen LogP contribution in [0.25, 0.3) is 0 Å². The minimum absolute atomic E-state index is 0.0577. The molecule has 0 aliphatic heterocycles. The van der Waals surface area contributed by atoms with E-state index in [9.17, 15) is 20.1 Å². The van der Waals surface area contributed by atoms with Gasteiger partial charge in [-0.2, -0.15) is 0 Å². The maximum Gasteiger partial charge on any atom is 0.328 e. The molecule has 0 radical (unpaired) electrons. The summed E-state index contributed by atoms with van der Waals surface area (Å²) in [5.41, 5.74) is 0.429. The summed E-state index contributed by atoms with van der Waals surface area (Å²) in [5.74, 6) is -1.47. The van der Waals surface area contributed by atoms with Crippen LogP contribution >= 0.6 is 0 Å². The molecule has 6 N–H and O–H groups in total. The van der Waals surface area contributed by atoms with Gasteiger partial charge >= 0.3 is 5.90 Å². The summed E-state index contributed by atoms with van der Waals surface area (Å²) in [6, 6.07) is 2.75. The molecule has 7 heteroatoms. The fourth-order valence-corrected chi connectivity index (χ4v) is 1.59. The van der Waals surface area contributed by atoms with E-state index >= 15 is 0 Å². The maximum absolute atomic E-state index is 11.4. The van der Waals surface area contributed by atoms with Gasteiger partial charge in [-0.05, 0) is 18.1 Å². The number of benzene rings is 1. The Morgan fingerprint density at radius 3 is 2.60 bits per heavy atom. The van der Waals surface area contributed by atoms with Gasteiger partial charge in [0.25, 0.3) is 0 Å². The SMILES string of the molecule is CC(O)=[NH+]CCC(=O)NCCc1ccc(O)c(O)c1O. The lowest BCUT2D eigenvalue weighted by atomic mass is 10.1. The summed E-state index contributed by atoms with van der Waals surface area (Å²) in [5, 5.41) is 39.6. The predicted octanol–water partition coefficient (Wildman–Crippen LogP) is -1.09. The first-order valence-corrected chi connectivity index (χ1v) is 6.17. The first-order valence-electron chi connectivity index (χ1n) is 6.17. The number of amides is 1. The van der Waals surface area contributed by atoms with Crippen LogP contribution in [-0.4, -0.2) is 45.3 Å². The Balaban J connectivity index is 2.39. The molecule has 0 aliphatic carbocycles. The first-order chi connectivity index (χ1) is 9.41. The van der Waals surface area contributed by atoms with E-state index in [2.05, 4.69) is 10.3 Å². The quantitative estimate of drug-likeness (QED) is 0.225. The van der Waals surface area contributed by atoms with Crippen LogP contribution in [0.3, 0.4) is 0 Å². The molecular formula is C13H19N2O5+. The number of rotatable bonds is 6. The highest BCUT2D eigenvalue weighted by Crippen LogP contribution is 2.36. The van der Waals surface area contributed by atoms with Crippen LogP contribution < -0.4 is 10.3 Å². The topological polar surface area (TPSA) is 124 Å². The highest BCUT2D eigenvalue weighted by Gasteiger charge is 2.11. The minimum Gasteiger partial charge on any atom is -0.504 e. The average Bonchev–Trinajstić information content (AvgIpc) is 2.38. The second-order valence-corrected chi connectivity index (χ2v) is 4.30. The van der Waals surface area contributed by atoms with Gasteiger partial charge in [0.1, 0.15) is 0 Å². The molecular weight excluding hydrogens is 264 g/mol. The number of carbonyl (C=O) groups excluding carboxylic acids is 1. The van der Waals surface area contributed by atoms with Gasteiger partial charge in [0.05, 0.1) is 13.3 Å². The number of phenols is 3. The zero-order valence-electron chi connectivity index (χ0n) is 11.2. The molecule has 110 valence electrons. The summed E-state index contributed by atoms with van der Waals surface area (Å²) < 4.78 is 0. The van der Waals surface area contributed by atoms with E-state index in [1.54, 1.807) is 0 Å². The van der Waals surface area contributed by atoms with Crippen LogP contribution in [-0.2, 0) is 11.2 Å². The van der Waals surface area contributed by atoms with Gasteiger partial charge in [-0.25, -0.2) is 4.99 Å². The van der Waals surface area contributed by atoms with E-state index in [0.29, 0.717) is 25.1 Å². The number of phenolic OH excluding ortho intramolecular Hbond substituents is 3. The van der Waals surface area contributed by atoms with Gasteiger partial charge in [0.15, 0.2) is 18.0 Å². The Labute approximate surface area is 116 Å². The summed E-state index contributed by atoms with van der Waals surface area (Å²) in [4.78, 5) is 14.0. The molecule has 0 bridgehead atoms. The lowest BCUT2D eigenvalue weighted by Gasteiger charge is -2.08. The lowest BCUT2D eigenvalue weighted by molar-refractivity contribution is -0.465. The summed E-state index contributed by atoms with van der Waals surface area (Å²) in [6.07, 6.45) is 0.536. The highest BCUT2D eigenvalue weighted by atomic mass is 16.3. The zero-order valence-corrected chi connectivity index (χ0v) is 11.2. The van der Waals surface area contributed by atoms with Crippen molar-refractivity contribution in [3.05, 3.63) is 17.7 Å². The molecule has 0 saturated heterocycles. The fraction of sp³-hybridized carbons (Fsp3) is 0.385. The molecule has 0 aromatic heterocycles. The highest BCUT2D eigenvalue weighted by molar-refractivity contribution is 5.76. The second-order valence-electron chi connectivity index (χ2n) is 4.30. The van der Waals surface area contributed by atoms with E-state index in [1.165, 1.54) is 19.1 Å². The van der Waals surface area contributed by atoms with Crippen molar-refractivity contribution in [3.63, 3.8) is 0 Å². The number of hydrogen-bond donors (Lipinski definition) is 6. The van der Waals surface area contributed by atoms with Gasteiger partial charge < -0.3 is 25.7 Å². The van der Waals surface area contributed by atoms with E-state index in [-0.39, 0.29) is 24.0 Å². The third-order valence-electron chi connectivity index (χ3n) is 2.66. The third kappa shape index (κ3) is 4.68. The van der Waals surface area contributed by atoms with Crippen LogP contribution in [0, 0.1) is 0 Å². The van der Waals surface area contributed by atoms with Crippen molar-refractivity contribution in [2.24, 2.45) is 0 Å². The van der Waals surface area contributed by atoms with Crippen LogP contribution in [0.2, 0.25) is 0 Å². The van der Waals surface area contributed by atoms with E-state index in [4.69, 9.17) is 5.11 Å². The molecule has 0 heterocycles. The van der Waals surface area contributed by atoms with Gasteiger partial charge in [0, 0.05) is 6.54 Å². The van der Waals surface area contributed by atoms with Gasteiger partial charge in [0.2, 0.25) is 11.7 Å². The van der Waals surface area contributed by atoms with Crippen molar-refractivity contribution >= 4 is 11.8 Å². The summed E-state index contributed by atoms with van der Waals surface area (Å²) >= 11 is 0. The molecule has 0 spiro atoms. The van der Waals surface area contributed by atoms with E-state index in [0.717, 1.165) is 0 Å². The zero-order chi connectivity index (χ0) is 15.1. The molecule has 20 heavy (non-hydrogen) atoms. The summed E-state index contributed by atoms with van der Waals surface area (Å²) in [6.45, 7) is 2.11. The Bertz CT molecular complexity index is 510. The normalized spacial score (nSPS) is 11.3. The van der Waals surface area contributed by atoms with Crippen LogP contribution in [0.4, 0.5) is 0 Å². The average molecular weight is 283 g/mol. The molecule has 0 aliphatic rings. The first kappa shape index (κ1) is 15.6. The molecule has 0 atom stereocenters. The Morgan fingerprint density at radius 2 is 1.95 bits per heavy atom. The van der Waals surface area contributed by atoms with E-state index < -0.39 is 11.5 Å². The fourth-order valence-electron chi connectivity index (χ4n) is 1.59. The van der Waals surface area contributed by atoms with Crippen molar-refractivity contribution in [1.29, 1.82) is 0 Å². The molecule has 0 fully saturated rings. The lowest BCUT2D eigenvalue weighted by Crippen LogP contribution is -2.73. The molecule has 7 nitrogen and oxygen atoms in total. The van der Waals surface area contributed by atoms with Crippen molar-refractivity contribution < 1.29 is 30.2 Å². The molecule has 1 aromatic rings. The van der Waals surface area contributed by atoms with Crippen LogP contribution in [0.5, 0.6) is 17.2 Å². The predicted molar refractivity (Wildman–Crippen MR) is 71.9 cm³/mol. The molecule has 1 rings (SSSR count). The number of aromatic hydroxyl groups is 3.